The minimum Gasteiger partial charge on any atom is -0.414 e. The van der Waals surface area contributed by atoms with Crippen molar-refractivity contribution in [1.29, 1.82) is 0 Å². The number of hydrogen-bond acceptors (Lipinski definition) is 7. The quantitative estimate of drug-likeness (QED) is 0.609. The maximum atomic E-state index is 12.9. The highest BCUT2D eigenvalue weighted by molar-refractivity contribution is 6.83. The molecule has 0 amide bonds. The third kappa shape index (κ3) is 3.84. The summed E-state index contributed by atoms with van der Waals surface area (Å²) < 4.78 is 35.3. The molecule has 2 saturated heterocycles. The lowest BCUT2D eigenvalue weighted by molar-refractivity contribution is -0.282. The lowest BCUT2D eigenvalue weighted by Crippen LogP contribution is -2.65. The Bertz CT molecular complexity index is 1020. The summed E-state index contributed by atoms with van der Waals surface area (Å²) in [5, 5.41) is 0. The summed E-state index contributed by atoms with van der Waals surface area (Å²) in [6.45, 7) is 19.5. The van der Waals surface area contributed by atoms with Crippen molar-refractivity contribution >= 4 is 17.1 Å². The third-order valence-corrected chi connectivity index (χ3v) is 17.9. The van der Waals surface area contributed by atoms with Gasteiger partial charge in [-0.05, 0) is 29.1 Å². The van der Waals surface area contributed by atoms with Crippen LogP contribution in [0.5, 0.6) is 0 Å². The Balaban J connectivity index is 1.81. The predicted octanol–water partition coefficient (Wildman–Crippen LogP) is 3.98. The number of fused-ring (bicyclic) bond motifs is 3. The van der Waals surface area contributed by atoms with Gasteiger partial charge in [0.25, 0.3) is 11.5 Å². The van der Waals surface area contributed by atoms with Gasteiger partial charge in [0.1, 0.15) is 12.2 Å². The van der Waals surface area contributed by atoms with Gasteiger partial charge in [0.15, 0.2) is 0 Å². The molecule has 3 aliphatic heterocycles. The minimum absolute atomic E-state index is 0.186. The van der Waals surface area contributed by atoms with Crippen molar-refractivity contribution in [3.63, 3.8) is 0 Å². The van der Waals surface area contributed by atoms with Gasteiger partial charge >= 0.3 is 22.8 Å². The number of nitrogens with one attached hydrogen (secondary N) is 1. The summed E-state index contributed by atoms with van der Waals surface area (Å²) in [4.78, 5) is 27.2. The van der Waals surface area contributed by atoms with Gasteiger partial charge < -0.3 is 22.4 Å². The smallest absolute Gasteiger partial charge is 0.335 e. The summed E-state index contributed by atoms with van der Waals surface area (Å²) in [6, 6.07) is 1.40. The standard InChI is InChI=1S/C23H40N2O7Si2/c1-13(2)33(14(3)4)28-12-20-19(31-34(32-33,15(5)6)16(7)8)11-23(30-20)25-18(17(9)29-23)10-21(26)24-22(25)27/h10,13-17,19-20H,11-12H2,1-9H3,(H,24,26,27)/t17-,19+,20-,23-/m1/s1. The van der Waals surface area contributed by atoms with E-state index in [4.69, 9.17) is 22.4 Å². The van der Waals surface area contributed by atoms with Gasteiger partial charge in [0.2, 0.25) is 0 Å². The van der Waals surface area contributed by atoms with Crippen LogP contribution in [0, 0.1) is 0 Å². The highest BCUT2D eigenvalue weighted by Crippen LogP contribution is 2.51. The van der Waals surface area contributed by atoms with Crippen LogP contribution in [0.4, 0.5) is 0 Å². The maximum absolute atomic E-state index is 12.9. The molecule has 0 saturated carbocycles. The Labute approximate surface area is 203 Å². The topological polar surface area (TPSA) is 101 Å². The fourth-order valence-electron chi connectivity index (χ4n) is 5.94. The van der Waals surface area contributed by atoms with Crippen molar-refractivity contribution in [3.05, 3.63) is 32.6 Å². The molecule has 1 N–H and O–H groups in total. The monoisotopic (exact) mass is 512 g/mol. The van der Waals surface area contributed by atoms with Crippen LogP contribution in [-0.2, 0) is 28.4 Å². The van der Waals surface area contributed by atoms with Crippen molar-refractivity contribution in [2.75, 3.05) is 6.61 Å². The third-order valence-electron chi connectivity index (χ3n) is 7.64. The summed E-state index contributed by atoms with van der Waals surface area (Å²) >= 11 is 0. The molecular formula is C23H40N2O7Si2. The Morgan fingerprint density at radius 1 is 0.941 bits per heavy atom. The number of H-pyrrole nitrogens is 1. The maximum Gasteiger partial charge on any atom is 0.335 e. The fraction of sp³-hybridized carbons (Fsp3) is 0.826. The summed E-state index contributed by atoms with van der Waals surface area (Å²) in [7, 11) is -5.51. The average Bonchev–Trinajstić information content (AvgIpc) is 3.17. The zero-order valence-electron chi connectivity index (χ0n) is 21.8. The Hall–Kier alpha value is -1.09. The number of rotatable bonds is 4. The molecule has 0 aromatic carbocycles. The number of aromatic amines is 1. The van der Waals surface area contributed by atoms with Gasteiger partial charge in [-0.3, -0.25) is 9.78 Å². The normalized spacial score (nSPS) is 32.4. The molecule has 4 heterocycles. The number of ether oxygens (including phenoxy) is 2. The first-order valence-electron chi connectivity index (χ1n) is 12.5. The van der Waals surface area contributed by atoms with E-state index < -0.39 is 46.5 Å². The predicted molar refractivity (Wildman–Crippen MR) is 132 cm³/mol. The minimum atomic E-state index is -2.81. The molecule has 1 spiro atoms. The van der Waals surface area contributed by atoms with Gasteiger partial charge in [0.05, 0.1) is 24.8 Å². The van der Waals surface area contributed by atoms with E-state index in [0.717, 1.165) is 0 Å². The van der Waals surface area contributed by atoms with Gasteiger partial charge in [0, 0.05) is 6.07 Å². The largest absolute Gasteiger partial charge is 0.414 e. The summed E-state index contributed by atoms with van der Waals surface area (Å²) in [6.07, 6.45) is -0.928. The van der Waals surface area contributed by atoms with E-state index >= 15 is 0 Å². The Morgan fingerprint density at radius 2 is 1.53 bits per heavy atom. The molecule has 4 rings (SSSR count). The second-order valence-corrected chi connectivity index (χ2v) is 20.0. The van der Waals surface area contributed by atoms with Crippen LogP contribution in [0.3, 0.4) is 0 Å². The molecule has 4 atom stereocenters. The van der Waals surface area contributed by atoms with Crippen LogP contribution < -0.4 is 11.2 Å². The van der Waals surface area contributed by atoms with Crippen molar-refractivity contribution in [2.24, 2.45) is 0 Å². The molecule has 0 unspecified atom stereocenters. The van der Waals surface area contributed by atoms with E-state index in [1.165, 1.54) is 10.6 Å². The van der Waals surface area contributed by atoms with Crippen LogP contribution >= 0.6 is 0 Å². The van der Waals surface area contributed by atoms with Gasteiger partial charge in [-0.15, -0.1) is 0 Å². The van der Waals surface area contributed by atoms with E-state index in [-0.39, 0.29) is 28.3 Å². The second kappa shape index (κ2) is 8.79. The van der Waals surface area contributed by atoms with Crippen molar-refractivity contribution < 1.29 is 22.4 Å². The van der Waals surface area contributed by atoms with Crippen LogP contribution in [0.1, 0.15) is 80.5 Å². The van der Waals surface area contributed by atoms with E-state index in [2.05, 4.69) is 60.4 Å². The lowest BCUT2D eigenvalue weighted by atomic mass is 10.2. The summed E-state index contributed by atoms with van der Waals surface area (Å²) in [5.74, 6) is -1.34. The first-order chi connectivity index (χ1) is 15.8. The summed E-state index contributed by atoms with van der Waals surface area (Å²) in [5.41, 5.74) is 0.340. The van der Waals surface area contributed by atoms with Crippen molar-refractivity contribution in [3.8, 4) is 0 Å². The second-order valence-electron chi connectivity index (χ2n) is 11.2. The molecule has 192 valence electrons. The SMILES string of the molecule is CC(C)[Si]1(C(C)C)OC[C@H]2O[C@@]3(C[C@@H]2O[Si](C(C)C)(C(C)C)O1)O[C@H](C)c1cc(=O)[nH]c(=O)n13. The Morgan fingerprint density at radius 3 is 2.09 bits per heavy atom. The fourth-order valence-corrected chi connectivity index (χ4v) is 17.1. The molecule has 11 heteroatoms. The number of hydrogen-bond donors (Lipinski definition) is 1. The zero-order chi connectivity index (χ0) is 25.2. The molecule has 0 radical (unpaired) electrons. The highest BCUT2D eigenvalue weighted by atomic mass is 28.5. The van der Waals surface area contributed by atoms with Gasteiger partial charge in [-0.25, -0.2) is 9.36 Å². The average molecular weight is 513 g/mol. The van der Waals surface area contributed by atoms with Crippen molar-refractivity contribution in [2.45, 2.75) is 115 Å². The Kier molecular flexibility index (Phi) is 6.72. The molecule has 2 fully saturated rings. The highest BCUT2D eigenvalue weighted by Gasteiger charge is 2.63. The van der Waals surface area contributed by atoms with E-state index in [1.54, 1.807) is 0 Å². The zero-order valence-corrected chi connectivity index (χ0v) is 23.8. The molecule has 0 bridgehead atoms. The molecule has 1 aromatic rings. The number of aromatic nitrogens is 2. The molecular weight excluding hydrogens is 472 g/mol. The molecule has 34 heavy (non-hydrogen) atoms. The lowest BCUT2D eigenvalue weighted by Gasteiger charge is -2.51. The van der Waals surface area contributed by atoms with Crippen LogP contribution in [0.15, 0.2) is 15.7 Å². The number of nitrogens with zero attached hydrogens (tertiary/aromatic N) is 1. The van der Waals surface area contributed by atoms with Gasteiger partial charge in [-0.2, -0.15) is 0 Å². The van der Waals surface area contributed by atoms with E-state index in [0.29, 0.717) is 18.7 Å². The van der Waals surface area contributed by atoms with E-state index in [9.17, 15) is 9.59 Å². The van der Waals surface area contributed by atoms with Crippen molar-refractivity contribution in [1.82, 2.24) is 9.55 Å². The van der Waals surface area contributed by atoms with Crippen LogP contribution in [0.2, 0.25) is 22.2 Å². The molecule has 0 aliphatic carbocycles. The molecule has 9 nitrogen and oxygen atoms in total. The molecule has 1 aromatic heterocycles. The molecule has 3 aliphatic rings. The van der Waals surface area contributed by atoms with Crippen LogP contribution in [0.25, 0.3) is 0 Å². The van der Waals surface area contributed by atoms with Gasteiger partial charge in [-0.1, -0.05) is 55.4 Å². The van der Waals surface area contributed by atoms with Crippen LogP contribution in [-0.4, -0.2) is 45.5 Å². The first-order valence-corrected chi connectivity index (χ1v) is 16.5. The first kappa shape index (κ1) is 26.0. The van der Waals surface area contributed by atoms with E-state index in [1.807, 2.05) is 6.92 Å².